The second-order valence-corrected chi connectivity index (χ2v) is 12.6. The summed E-state index contributed by atoms with van der Waals surface area (Å²) >= 11 is 0. The number of nitrogens with zero attached hydrogens (tertiary/aromatic N) is 1. The average Bonchev–Trinajstić information content (AvgIpc) is 3.38. The van der Waals surface area contributed by atoms with E-state index >= 15 is 0 Å². The van der Waals surface area contributed by atoms with Crippen LogP contribution in [0.3, 0.4) is 0 Å². The first-order valence-electron chi connectivity index (χ1n) is 14.6. The van der Waals surface area contributed by atoms with Crippen LogP contribution in [0.1, 0.15) is 39.4 Å². The molecule has 1 fully saturated rings. The summed E-state index contributed by atoms with van der Waals surface area (Å²) in [5.41, 5.74) is -0.518. The fourth-order valence-corrected chi connectivity index (χ4v) is 6.04. The predicted octanol–water partition coefficient (Wildman–Crippen LogP) is 3.87. The summed E-state index contributed by atoms with van der Waals surface area (Å²) in [5, 5.41) is 0. The van der Waals surface area contributed by atoms with Gasteiger partial charge in [-0.05, 0) is 42.0 Å². The Hall–Kier alpha value is -5.30. The molecule has 0 aliphatic carbocycles. The van der Waals surface area contributed by atoms with Crippen molar-refractivity contribution in [1.29, 1.82) is 0 Å². The number of esters is 3. The number of carbonyl (C=O) groups excluding carboxylic acids is 3. The molecule has 0 spiro atoms. The van der Waals surface area contributed by atoms with E-state index in [2.05, 4.69) is 4.98 Å². The van der Waals surface area contributed by atoms with Crippen molar-refractivity contribution in [1.82, 2.24) is 9.55 Å². The van der Waals surface area contributed by atoms with Gasteiger partial charge in [0.15, 0.2) is 12.3 Å². The Morgan fingerprint density at radius 2 is 1.46 bits per heavy atom. The molecule has 3 aromatic carbocycles. The topological polar surface area (TPSA) is 179 Å². The summed E-state index contributed by atoms with van der Waals surface area (Å²) in [5.74, 6) is -1.83. The number of H-pyrrole nitrogens is 1. The van der Waals surface area contributed by atoms with Gasteiger partial charge in [0.2, 0.25) is 0 Å². The number of hydrogen-bond acceptors (Lipinski definition) is 12. The normalized spacial score (nSPS) is 19.9. The second-order valence-electron chi connectivity index (χ2n) is 10.6. The van der Waals surface area contributed by atoms with Crippen LogP contribution in [0.15, 0.2) is 107 Å². The molecule has 5 atom stereocenters. The zero-order valence-electron chi connectivity index (χ0n) is 25.8. The Labute approximate surface area is 273 Å². The van der Waals surface area contributed by atoms with Gasteiger partial charge >= 0.3 is 31.2 Å². The van der Waals surface area contributed by atoms with Crippen molar-refractivity contribution in [2.45, 2.75) is 38.1 Å². The molecule has 1 unspecified atom stereocenters. The van der Waals surface area contributed by atoms with E-state index in [1.807, 2.05) is 0 Å². The number of aromatic amines is 1. The monoisotopic (exact) mass is 678 g/mol. The van der Waals surface area contributed by atoms with Gasteiger partial charge in [0.25, 0.3) is 5.56 Å². The third-order valence-corrected chi connectivity index (χ3v) is 8.17. The summed E-state index contributed by atoms with van der Waals surface area (Å²) in [6.45, 7) is 2.02. The maximum atomic E-state index is 13.9. The minimum absolute atomic E-state index is 0.0265. The zero-order valence-corrected chi connectivity index (χ0v) is 26.6. The minimum atomic E-state index is -4.09. The molecule has 15 heteroatoms. The molecule has 0 radical (unpaired) electrons. The molecule has 5 rings (SSSR count). The Morgan fingerprint density at radius 3 is 2.06 bits per heavy atom. The SMILES string of the molecule is CC(=O)OCc1ccc(OP(C)(=O)O[C@H]2[C@@H](OC(=O)c3ccccc3)[C@H](n3ccc(=O)[nH]c3=O)O[C@@H]2COC(=O)c2ccccc2)cc1. The summed E-state index contributed by atoms with van der Waals surface area (Å²) in [6, 6.07) is 23.4. The highest BCUT2D eigenvalue weighted by Crippen LogP contribution is 2.49. The van der Waals surface area contributed by atoms with Crippen molar-refractivity contribution < 1.29 is 46.9 Å². The quantitative estimate of drug-likeness (QED) is 0.130. The minimum Gasteiger partial charge on any atom is -0.461 e. The molecule has 14 nitrogen and oxygen atoms in total. The summed E-state index contributed by atoms with van der Waals surface area (Å²) < 4.78 is 49.0. The standard InChI is InChI=1S/C33H31N2O12P/c1-21(36)42-19-22-13-15-25(16-14-22)46-48(2,41)47-28-26(20-43-31(38)23-9-5-3-6-10-23)44-30(35-18-17-27(37)34-33(35)40)29(28)45-32(39)24-11-7-4-8-12-24/h3-18,26,28-30H,19-20H2,1-2H3,(H,34,37,40)/t26-,28-,29-,30-,48?/m1/s1. The predicted molar refractivity (Wildman–Crippen MR) is 169 cm³/mol. The van der Waals surface area contributed by atoms with Gasteiger partial charge in [0.05, 0.1) is 11.1 Å². The highest BCUT2D eigenvalue weighted by Gasteiger charge is 2.52. The lowest BCUT2D eigenvalue weighted by Crippen LogP contribution is -2.41. The van der Waals surface area contributed by atoms with Crippen LogP contribution in [-0.4, -0.2) is 59.0 Å². The molecule has 1 N–H and O–H groups in total. The van der Waals surface area contributed by atoms with Crippen LogP contribution in [0.4, 0.5) is 0 Å². The molecule has 250 valence electrons. The lowest BCUT2D eigenvalue weighted by Gasteiger charge is -2.27. The van der Waals surface area contributed by atoms with Gasteiger partial charge in [-0.15, -0.1) is 0 Å². The molecule has 1 aromatic heterocycles. The van der Waals surface area contributed by atoms with Crippen molar-refractivity contribution >= 4 is 25.5 Å². The van der Waals surface area contributed by atoms with Crippen molar-refractivity contribution in [3.63, 3.8) is 0 Å². The molecule has 48 heavy (non-hydrogen) atoms. The second kappa shape index (κ2) is 15.1. The molecular weight excluding hydrogens is 647 g/mol. The molecule has 1 aliphatic heterocycles. The Bertz CT molecular complexity index is 1910. The third kappa shape index (κ3) is 8.73. The van der Waals surface area contributed by atoms with E-state index in [4.69, 9.17) is 28.0 Å². The van der Waals surface area contributed by atoms with E-state index < -0.39 is 67.9 Å². The Morgan fingerprint density at radius 1 is 0.833 bits per heavy atom. The number of aromatic nitrogens is 2. The van der Waals surface area contributed by atoms with Gasteiger partial charge in [0.1, 0.15) is 31.2 Å². The largest absolute Gasteiger partial charge is 0.461 e. The molecule has 4 aromatic rings. The van der Waals surface area contributed by atoms with Gasteiger partial charge in [-0.1, -0.05) is 48.5 Å². The van der Waals surface area contributed by atoms with Gasteiger partial charge in [0, 0.05) is 25.9 Å². The molecule has 0 saturated carbocycles. The van der Waals surface area contributed by atoms with E-state index in [1.165, 1.54) is 37.9 Å². The molecule has 0 bridgehead atoms. The van der Waals surface area contributed by atoms with E-state index in [0.29, 0.717) is 5.56 Å². The number of nitrogens with one attached hydrogen (secondary N) is 1. The Kier molecular flexibility index (Phi) is 10.7. The molecular formula is C33H31N2O12P. The van der Waals surface area contributed by atoms with Crippen molar-refractivity contribution in [3.8, 4) is 5.75 Å². The number of benzene rings is 3. The van der Waals surface area contributed by atoms with Crippen LogP contribution < -0.4 is 15.8 Å². The zero-order chi connectivity index (χ0) is 34.3. The first-order chi connectivity index (χ1) is 23.0. The maximum absolute atomic E-state index is 13.9. The highest BCUT2D eigenvalue weighted by atomic mass is 31.2. The van der Waals surface area contributed by atoms with Crippen LogP contribution in [0.2, 0.25) is 0 Å². The Balaban J connectivity index is 1.46. The van der Waals surface area contributed by atoms with Gasteiger partial charge < -0.3 is 23.5 Å². The van der Waals surface area contributed by atoms with E-state index in [0.717, 1.165) is 16.8 Å². The molecule has 1 aliphatic rings. The molecule has 0 amide bonds. The molecule has 2 heterocycles. The van der Waals surface area contributed by atoms with E-state index in [-0.39, 0.29) is 23.5 Å². The lowest BCUT2D eigenvalue weighted by atomic mass is 10.1. The van der Waals surface area contributed by atoms with Crippen LogP contribution in [-0.2, 0) is 39.4 Å². The van der Waals surface area contributed by atoms with Crippen LogP contribution in [0, 0.1) is 0 Å². The van der Waals surface area contributed by atoms with Gasteiger partial charge in [-0.25, -0.2) is 18.9 Å². The molecule has 1 saturated heterocycles. The maximum Gasteiger partial charge on any atom is 0.376 e. The van der Waals surface area contributed by atoms with Crippen LogP contribution in [0.5, 0.6) is 5.75 Å². The number of ether oxygens (including phenoxy) is 4. The fraction of sp³-hybridized carbons (Fsp3) is 0.242. The first-order valence-corrected chi connectivity index (χ1v) is 16.6. The smallest absolute Gasteiger partial charge is 0.376 e. The third-order valence-electron chi connectivity index (χ3n) is 7.00. The van der Waals surface area contributed by atoms with E-state index in [9.17, 15) is 28.5 Å². The van der Waals surface area contributed by atoms with Gasteiger partial charge in [-0.3, -0.25) is 23.7 Å². The summed E-state index contributed by atoms with van der Waals surface area (Å²) in [6.07, 6.45) is -4.43. The first kappa shape index (κ1) is 34.0. The van der Waals surface area contributed by atoms with Crippen molar-refractivity contribution in [3.05, 3.63) is 135 Å². The van der Waals surface area contributed by atoms with E-state index in [1.54, 1.807) is 60.7 Å². The van der Waals surface area contributed by atoms with Crippen LogP contribution >= 0.6 is 7.60 Å². The van der Waals surface area contributed by atoms with Crippen LogP contribution in [0.25, 0.3) is 0 Å². The summed E-state index contributed by atoms with van der Waals surface area (Å²) in [4.78, 5) is 64.1. The fourth-order valence-electron chi connectivity index (χ4n) is 4.79. The van der Waals surface area contributed by atoms with Gasteiger partial charge in [-0.2, -0.15) is 0 Å². The number of carbonyl (C=O) groups is 3. The number of rotatable bonds is 12. The number of hydrogen-bond donors (Lipinski definition) is 1. The average molecular weight is 679 g/mol. The summed E-state index contributed by atoms with van der Waals surface area (Å²) in [7, 11) is -4.09. The van der Waals surface area contributed by atoms with Crippen molar-refractivity contribution in [2.24, 2.45) is 0 Å². The highest BCUT2D eigenvalue weighted by molar-refractivity contribution is 7.53. The lowest BCUT2D eigenvalue weighted by molar-refractivity contribution is -0.142. The van der Waals surface area contributed by atoms with Crippen molar-refractivity contribution in [2.75, 3.05) is 13.3 Å².